The van der Waals surface area contributed by atoms with Gasteiger partial charge < -0.3 is 9.84 Å². The van der Waals surface area contributed by atoms with Crippen molar-refractivity contribution in [1.82, 2.24) is 4.98 Å². The molecule has 3 heteroatoms. The average Bonchev–Trinajstić information content (AvgIpc) is 2.67. The van der Waals surface area contributed by atoms with Crippen LogP contribution < -0.4 is 4.74 Å². The molecule has 4 aromatic rings. The molecule has 4 rings (SSSR count). The van der Waals surface area contributed by atoms with Crippen LogP contribution in [0.1, 0.15) is 0 Å². The van der Waals surface area contributed by atoms with Gasteiger partial charge in [0, 0.05) is 17.0 Å². The first-order valence-electron chi connectivity index (χ1n) is 8.09. The number of methoxy groups -OCH3 is 1. The number of fused-ring (bicyclic) bond motifs is 1. The quantitative estimate of drug-likeness (QED) is 0.556. The second kappa shape index (κ2) is 6.29. The Labute approximate surface area is 146 Å². The third kappa shape index (κ3) is 2.81. The first-order valence-corrected chi connectivity index (χ1v) is 8.09. The predicted octanol–water partition coefficient (Wildman–Crippen LogP) is 5.28. The molecule has 3 aromatic carbocycles. The van der Waals surface area contributed by atoms with Gasteiger partial charge in [0.2, 0.25) is 0 Å². The summed E-state index contributed by atoms with van der Waals surface area (Å²) in [6.07, 6.45) is 0. The normalized spacial score (nSPS) is 10.8. The van der Waals surface area contributed by atoms with Crippen molar-refractivity contribution in [3.63, 3.8) is 0 Å². The molecule has 0 unspecified atom stereocenters. The van der Waals surface area contributed by atoms with Crippen LogP contribution in [0.15, 0.2) is 78.9 Å². The summed E-state index contributed by atoms with van der Waals surface area (Å²) in [5.41, 5.74) is 4.53. The minimum Gasteiger partial charge on any atom is -0.507 e. The maximum atomic E-state index is 10.4. The lowest BCUT2D eigenvalue weighted by Crippen LogP contribution is -1.91. The van der Waals surface area contributed by atoms with Crippen molar-refractivity contribution in [2.45, 2.75) is 0 Å². The van der Waals surface area contributed by atoms with Gasteiger partial charge in [0.15, 0.2) is 0 Å². The number of hydrogen-bond donors (Lipinski definition) is 1. The first kappa shape index (κ1) is 15.2. The van der Waals surface area contributed by atoms with E-state index in [4.69, 9.17) is 9.72 Å². The van der Waals surface area contributed by atoms with Gasteiger partial charge in [-0.3, -0.25) is 0 Å². The highest BCUT2D eigenvalue weighted by Crippen LogP contribution is 2.36. The van der Waals surface area contributed by atoms with Gasteiger partial charge in [-0.2, -0.15) is 0 Å². The number of aromatic hydroxyl groups is 1. The molecule has 0 aliphatic carbocycles. The van der Waals surface area contributed by atoms with Crippen LogP contribution in [0.2, 0.25) is 0 Å². The number of para-hydroxylation sites is 1. The zero-order chi connectivity index (χ0) is 17.2. The largest absolute Gasteiger partial charge is 0.507 e. The van der Waals surface area contributed by atoms with E-state index in [9.17, 15) is 5.11 Å². The molecule has 0 fully saturated rings. The summed E-state index contributed by atoms with van der Waals surface area (Å²) < 4.78 is 5.17. The zero-order valence-corrected chi connectivity index (χ0v) is 13.8. The van der Waals surface area contributed by atoms with Gasteiger partial charge in [-0.1, -0.05) is 48.5 Å². The van der Waals surface area contributed by atoms with E-state index in [1.54, 1.807) is 13.2 Å². The maximum Gasteiger partial charge on any atom is 0.128 e. The smallest absolute Gasteiger partial charge is 0.128 e. The molecule has 1 aromatic heterocycles. The monoisotopic (exact) mass is 327 g/mol. The lowest BCUT2D eigenvalue weighted by atomic mass is 9.98. The topological polar surface area (TPSA) is 42.4 Å². The molecule has 0 radical (unpaired) electrons. The number of pyridine rings is 1. The van der Waals surface area contributed by atoms with Crippen molar-refractivity contribution in [2.75, 3.05) is 7.11 Å². The van der Waals surface area contributed by atoms with Crippen LogP contribution in [-0.4, -0.2) is 17.2 Å². The number of phenolic OH excluding ortho intramolecular Hbond substituents is 1. The van der Waals surface area contributed by atoms with Gasteiger partial charge in [-0.05, 0) is 35.4 Å². The van der Waals surface area contributed by atoms with E-state index >= 15 is 0 Å². The highest BCUT2D eigenvalue weighted by atomic mass is 16.5. The third-order valence-corrected chi connectivity index (χ3v) is 4.28. The minimum absolute atomic E-state index is 0.154. The molecule has 1 heterocycles. The Bertz CT molecular complexity index is 1040. The van der Waals surface area contributed by atoms with Crippen LogP contribution in [0.4, 0.5) is 0 Å². The number of hydrogen-bond acceptors (Lipinski definition) is 3. The summed E-state index contributed by atoms with van der Waals surface area (Å²) in [7, 11) is 1.58. The first-order chi connectivity index (χ1) is 12.3. The van der Waals surface area contributed by atoms with Gasteiger partial charge >= 0.3 is 0 Å². The number of aromatic nitrogens is 1. The number of benzene rings is 3. The van der Waals surface area contributed by atoms with E-state index < -0.39 is 0 Å². The Morgan fingerprint density at radius 2 is 1.56 bits per heavy atom. The standard InChI is InChI=1S/C22H17NO2/c1-25-16-11-12-18(22(24)13-16)21-14-19(15-7-3-2-4-8-15)17-9-5-6-10-20(17)23-21/h2-14,24H,1H3. The van der Waals surface area contributed by atoms with E-state index in [2.05, 4.69) is 18.2 Å². The Balaban J connectivity index is 1.97. The Morgan fingerprint density at radius 3 is 2.32 bits per heavy atom. The van der Waals surface area contributed by atoms with Gasteiger partial charge in [-0.25, -0.2) is 4.98 Å². The van der Waals surface area contributed by atoms with Crippen molar-refractivity contribution in [2.24, 2.45) is 0 Å². The molecule has 0 saturated carbocycles. The van der Waals surface area contributed by atoms with E-state index in [0.29, 0.717) is 11.3 Å². The SMILES string of the molecule is COc1ccc(-c2cc(-c3ccccc3)c3ccccc3n2)c(O)c1. The molecule has 0 amide bonds. The number of rotatable bonds is 3. The molecule has 0 spiro atoms. The third-order valence-electron chi connectivity index (χ3n) is 4.28. The molecule has 0 aliphatic rings. The van der Waals surface area contributed by atoms with Crippen LogP contribution in [0.25, 0.3) is 33.3 Å². The van der Waals surface area contributed by atoms with Crippen molar-refractivity contribution >= 4 is 10.9 Å². The number of phenols is 1. The van der Waals surface area contributed by atoms with E-state index in [0.717, 1.165) is 27.7 Å². The van der Waals surface area contributed by atoms with Crippen molar-refractivity contribution in [1.29, 1.82) is 0 Å². The average molecular weight is 327 g/mol. The molecule has 3 nitrogen and oxygen atoms in total. The molecule has 0 saturated heterocycles. The fourth-order valence-electron chi connectivity index (χ4n) is 3.02. The maximum absolute atomic E-state index is 10.4. The zero-order valence-electron chi connectivity index (χ0n) is 13.8. The van der Waals surface area contributed by atoms with Crippen LogP contribution >= 0.6 is 0 Å². The Hall–Kier alpha value is -3.33. The fraction of sp³-hybridized carbons (Fsp3) is 0.0455. The predicted molar refractivity (Wildman–Crippen MR) is 101 cm³/mol. The summed E-state index contributed by atoms with van der Waals surface area (Å²) in [6.45, 7) is 0. The molecular weight excluding hydrogens is 310 g/mol. The van der Waals surface area contributed by atoms with Crippen molar-refractivity contribution in [3.8, 4) is 33.9 Å². The fourth-order valence-corrected chi connectivity index (χ4v) is 3.02. The van der Waals surface area contributed by atoms with Crippen LogP contribution in [0.5, 0.6) is 11.5 Å². The van der Waals surface area contributed by atoms with E-state index in [1.165, 1.54) is 0 Å². The van der Waals surface area contributed by atoms with Gasteiger partial charge in [0.25, 0.3) is 0 Å². The van der Waals surface area contributed by atoms with Crippen LogP contribution in [0.3, 0.4) is 0 Å². The second-order valence-electron chi connectivity index (χ2n) is 5.82. The molecule has 1 N–H and O–H groups in total. The lowest BCUT2D eigenvalue weighted by Gasteiger charge is -2.12. The lowest BCUT2D eigenvalue weighted by molar-refractivity contribution is 0.408. The Morgan fingerprint density at radius 1 is 0.800 bits per heavy atom. The van der Waals surface area contributed by atoms with E-state index in [-0.39, 0.29) is 5.75 Å². The number of nitrogens with zero attached hydrogens (tertiary/aromatic N) is 1. The van der Waals surface area contributed by atoms with Crippen molar-refractivity contribution in [3.05, 3.63) is 78.9 Å². The summed E-state index contributed by atoms with van der Waals surface area (Å²) >= 11 is 0. The van der Waals surface area contributed by atoms with Crippen LogP contribution in [0, 0.1) is 0 Å². The second-order valence-corrected chi connectivity index (χ2v) is 5.82. The molecule has 0 bridgehead atoms. The summed E-state index contributed by atoms with van der Waals surface area (Å²) in [4.78, 5) is 4.75. The van der Waals surface area contributed by atoms with Gasteiger partial charge in [-0.15, -0.1) is 0 Å². The summed E-state index contributed by atoms with van der Waals surface area (Å²) in [5.74, 6) is 0.770. The molecule has 0 aliphatic heterocycles. The Kier molecular flexibility index (Phi) is 3.82. The molecule has 122 valence electrons. The van der Waals surface area contributed by atoms with E-state index in [1.807, 2.05) is 54.6 Å². The molecule has 25 heavy (non-hydrogen) atoms. The highest BCUT2D eigenvalue weighted by molar-refractivity contribution is 5.97. The molecular formula is C22H17NO2. The van der Waals surface area contributed by atoms with Gasteiger partial charge in [0.05, 0.1) is 18.3 Å². The summed E-state index contributed by atoms with van der Waals surface area (Å²) in [5, 5.41) is 11.5. The molecule has 0 atom stereocenters. The van der Waals surface area contributed by atoms with Crippen LogP contribution in [-0.2, 0) is 0 Å². The summed E-state index contributed by atoms with van der Waals surface area (Å²) in [6, 6.07) is 25.6. The highest BCUT2D eigenvalue weighted by Gasteiger charge is 2.12. The van der Waals surface area contributed by atoms with Gasteiger partial charge in [0.1, 0.15) is 11.5 Å². The minimum atomic E-state index is 0.154. The van der Waals surface area contributed by atoms with Crippen molar-refractivity contribution < 1.29 is 9.84 Å². The number of ether oxygens (including phenoxy) is 1.